The molecule has 1 aliphatic carbocycles. The summed E-state index contributed by atoms with van der Waals surface area (Å²) in [7, 11) is 0. The van der Waals surface area contributed by atoms with Crippen LogP contribution in [0.1, 0.15) is 36.3 Å². The number of thiophene rings is 1. The average molecular weight is 422 g/mol. The van der Waals surface area contributed by atoms with Crippen LogP contribution < -0.4 is 11.0 Å². The molecule has 154 valence electrons. The summed E-state index contributed by atoms with van der Waals surface area (Å²) in [4.78, 5) is 32.1. The van der Waals surface area contributed by atoms with Gasteiger partial charge in [-0.15, -0.1) is 16.4 Å². The molecule has 30 heavy (non-hydrogen) atoms. The van der Waals surface area contributed by atoms with E-state index in [9.17, 15) is 9.59 Å². The van der Waals surface area contributed by atoms with E-state index in [0.717, 1.165) is 35.9 Å². The van der Waals surface area contributed by atoms with Crippen molar-refractivity contribution in [2.75, 3.05) is 5.32 Å². The van der Waals surface area contributed by atoms with Crippen molar-refractivity contribution in [1.29, 1.82) is 0 Å². The van der Waals surface area contributed by atoms with E-state index >= 15 is 0 Å². The monoisotopic (exact) mass is 421 g/mol. The van der Waals surface area contributed by atoms with Crippen LogP contribution in [0.3, 0.4) is 0 Å². The number of carbonyl (C=O) groups is 1. The SMILES string of the molecule is CCc1ccc(NC(=O)Cn2nc3c4c5c(sc4ncn3c2=O)CC(C)CC5)cc1. The third-order valence-electron chi connectivity index (χ3n) is 5.82. The third kappa shape index (κ3) is 3.21. The molecule has 3 aromatic heterocycles. The predicted octanol–water partition coefficient (Wildman–Crippen LogP) is 3.43. The summed E-state index contributed by atoms with van der Waals surface area (Å²) >= 11 is 1.70. The normalized spacial score (nSPS) is 16.1. The molecule has 1 aromatic carbocycles. The number of hydrogen-bond donors (Lipinski definition) is 1. The lowest BCUT2D eigenvalue weighted by Crippen LogP contribution is -2.28. The highest BCUT2D eigenvalue weighted by Crippen LogP contribution is 2.38. The van der Waals surface area contributed by atoms with Gasteiger partial charge in [0.15, 0.2) is 5.65 Å². The summed E-state index contributed by atoms with van der Waals surface area (Å²) in [6.07, 6.45) is 5.62. The first-order valence-corrected chi connectivity index (χ1v) is 11.1. The Morgan fingerprint density at radius 1 is 1.30 bits per heavy atom. The highest BCUT2D eigenvalue weighted by Gasteiger charge is 2.24. The fourth-order valence-electron chi connectivity index (χ4n) is 4.13. The molecular weight excluding hydrogens is 398 g/mol. The van der Waals surface area contributed by atoms with Crippen molar-refractivity contribution >= 4 is 38.8 Å². The number of aromatic nitrogens is 4. The largest absolute Gasteiger partial charge is 0.352 e. The molecule has 0 bridgehead atoms. The maximum absolute atomic E-state index is 12.8. The van der Waals surface area contributed by atoms with Gasteiger partial charge < -0.3 is 5.32 Å². The van der Waals surface area contributed by atoms with Gasteiger partial charge in [0.25, 0.3) is 0 Å². The van der Waals surface area contributed by atoms with Crippen LogP contribution in [0.2, 0.25) is 0 Å². The molecule has 0 spiro atoms. The van der Waals surface area contributed by atoms with Gasteiger partial charge in [-0.1, -0.05) is 26.0 Å². The molecule has 0 aliphatic heterocycles. The number of carbonyl (C=O) groups excluding carboxylic acids is 1. The molecule has 1 amide bonds. The van der Waals surface area contributed by atoms with Crippen molar-refractivity contribution < 1.29 is 4.79 Å². The van der Waals surface area contributed by atoms with Crippen molar-refractivity contribution in [1.82, 2.24) is 19.2 Å². The topological polar surface area (TPSA) is 81.3 Å². The number of amides is 1. The van der Waals surface area contributed by atoms with E-state index in [-0.39, 0.29) is 18.1 Å². The van der Waals surface area contributed by atoms with E-state index < -0.39 is 0 Å². The standard InChI is InChI=1S/C22H23N5O2S/c1-3-14-5-7-15(8-6-14)24-18(28)11-27-22(29)26-12-23-21-19(20(26)25-27)16-9-4-13(2)10-17(16)30-21/h5-8,12-13H,3-4,9-11H2,1-2H3,(H,24,28). The first kappa shape index (κ1) is 19.0. The number of nitrogens with one attached hydrogen (secondary N) is 1. The minimum atomic E-state index is -0.347. The van der Waals surface area contributed by atoms with Crippen molar-refractivity contribution in [3.63, 3.8) is 0 Å². The molecule has 5 rings (SSSR count). The summed E-state index contributed by atoms with van der Waals surface area (Å²) in [5, 5.41) is 8.33. The first-order valence-electron chi connectivity index (χ1n) is 10.3. The lowest BCUT2D eigenvalue weighted by molar-refractivity contribution is -0.117. The summed E-state index contributed by atoms with van der Waals surface area (Å²) in [6.45, 7) is 4.21. The molecule has 1 aliphatic rings. The fraction of sp³-hybridized carbons (Fsp3) is 0.364. The number of rotatable bonds is 4. The molecule has 0 saturated carbocycles. The molecule has 7 nitrogen and oxygen atoms in total. The average Bonchev–Trinajstić information content (AvgIpc) is 3.25. The Morgan fingerprint density at radius 3 is 2.87 bits per heavy atom. The van der Waals surface area contributed by atoms with E-state index in [1.165, 1.54) is 31.4 Å². The van der Waals surface area contributed by atoms with E-state index in [0.29, 0.717) is 17.3 Å². The smallest absolute Gasteiger partial charge is 0.324 e. The van der Waals surface area contributed by atoms with Gasteiger partial charge in [-0.2, -0.15) is 0 Å². The minimum Gasteiger partial charge on any atom is -0.324 e. The summed E-state index contributed by atoms with van der Waals surface area (Å²) < 4.78 is 2.68. The van der Waals surface area contributed by atoms with Crippen LogP contribution in [0.15, 0.2) is 35.4 Å². The molecule has 0 fully saturated rings. The Kier molecular flexibility index (Phi) is 4.66. The predicted molar refractivity (Wildman–Crippen MR) is 118 cm³/mol. The summed E-state index contributed by atoms with van der Waals surface area (Å²) in [5.74, 6) is 0.381. The molecule has 1 unspecified atom stereocenters. The lowest BCUT2D eigenvalue weighted by atomic mass is 9.89. The van der Waals surface area contributed by atoms with E-state index in [2.05, 4.69) is 29.2 Å². The minimum absolute atomic E-state index is 0.138. The van der Waals surface area contributed by atoms with Crippen LogP contribution in [0.25, 0.3) is 15.9 Å². The van der Waals surface area contributed by atoms with Gasteiger partial charge in [0.1, 0.15) is 17.7 Å². The van der Waals surface area contributed by atoms with E-state index in [1.807, 2.05) is 24.3 Å². The Bertz CT molecular complexity index is 1320. The van der Waals surface area contributed by atoms with Crippen molar-refractivity contribution in [3.05, 3.63) is 57.1 Å². The van der Waals surface area contributed by atoms with Crippen molar-refractivity contribution in [3.8, 4) is 0 Å². The molecule has 4 aromatic rings. The van der Waals surface area contributed by atoms with Gasteiger partial charge in [0, 0.05) is 10.6 Å². The maximum Gasteiger partial charge on any atom is 0.352 e. The molecule has 1 atom stereocenters. The number of aryl methyl sites for hydroxylation is 2. The maximum atomic E-state index is 12.8. The summed E-state index contributed by atoms with van der Waals surface area (Å²) in [5.41, 5.74) is 3.43. The van der Waals surface area contributed by atoms with Gasteiger partial charge in [-0.05, 0) is 54.9 Å². The van der Waals surface area contributed by atoms with Crippen molar-refractivity contribution in [2.45, 2.75) is 46.1 Å². The van der Waals surface area contributed by atoms with Gasteiger partial charge in [0.05, 0.1) is 5.39 Å². The Labute approximate surface area is 177 Å². The zero-order valence-corrected chi connectivity index (χ0v) is 17.8. The molecule has 0 radical (unpaired) electrons. The van der Waals surface area contributed by atoms with Crippen LogP contribution in [0, 0.1) is 5.92 Å². The van der Waals surface area contributed by atoms with Gasteiger partial charge in [-0.25, -0.2) is 18.9 Å². The third-order valence-corrected chi connectivity index (χ3v) is 6.98. The number of nitrogens with zero attached hydrogens (tertiary/aromatic N) is 4. The van der Waals surface area contributed by atoms with Crippen LogP contribution in [0.5, 0.6) is 0 Å². The van der Waals surface area contributed by atoms with Crippen LogP contribution >= 0.6 is 11.3 Å². The summed E-state index contributed by atoms with van der Waals surface area (Å²) in [6, 6.07) is 7.70. The van der Waals surface area contributed by atoms with Crippen LogP contribution in [-0.2, 0) is 30.6 Å². The highest BCUT2D eigenvalue weighted by atomic mass is 32.1. The highest BCUT2D eigenvalue weighted by molar-refractivity contribution is 7.19. The lowest BCUT2D eigenvalue weighted by Gasteiger charge is -2.17. The Balaban J connectivity index is 1.47. The first-order chi connectivity index (χ1) is 14.5. The molecule has 8 heteroatoms. The van der Waals surface area contributed by atoms with Gasteiger partial charge in [0.2, 0.25) is 5.91 Å². The Hall–Kier alpha value is -3.00. The quantitative estimate of drug-likeness (QED) is 0.547. The Morgan fingerprint density at radius 2 is 2.10 bits per heavy atom. The number of fused-ring (bicyclic) bond motifs is 5. The molecular formula is C22H23N5O2S. The van der Waals surface area contributed by atoms with Gasteiger partial charge in [-0.3, -0.25) is 4.79 Å². The second kappa shape index (κ2) is 7.36. The zero-order valence-electron chi connectivity index (χ0n) is 17.0. The van der Waals surface area contributed by atoms with Crippen molar-refractivity contribution in [2.24, 2.45) is 5.92 Å². The number of hydrogen-bond acceptors (Lipinski definition) is 5. The van der Waals surface area contributed by atoms with Crippen LogP contribution in [-0.4, -0.2) is 25.1 Å². The van der Waals surface area contributed by atoms with Gasteiger partial charge >= 0.3 is 5.69 Å². The second-order valence-electron chi connectivity index (χ2n) is 8.01. The molecule has 3 heterocycles. The number of anilines is 1. The molecule has 0 saturated heterocycles. The number of benzene rings is 1. The molecule has 1 N–H and O–H groups in total. The second-order valence-corrected chi connectivity index (χ2v) is 9.09. The van der Waals surface area contributed by atoms with Crippen LogP contribution in [0.4, 0.5) is 5.69 Å². The fourth-order valence-corrected chi connectivity index (χ4v) is 5.47. The van der Waals surface area contributed by atoms with E-state index in [4.69, 9.17) is 0 Å². The van der Waals surface area contributed by atoms with E-state index in [1.54, 1.807) is 11.3 Å². The zero-order chi connectivity index (χ0) is 20.8.